The first-order chi connectivity index (χ1) is 11.5. The maximum absolute atomic E-state index is 12.1. The van der Waals surface area contributed by atoms with Gasteiger partial charge in [0, 0.05) is 5.02 Å². The molecule has 0 aliphatic rings. The van der Waals surface area contributed by atoms with E-state index in [1.807, 2.05) is 6.92 Å². The summed E-state index contributed by atoms with van der Waals surface area (Å²) in [4.78, 5) is 24.0. The van der Waals surface area contributed by atoms with Crippen molar-refractivity contribution in [3.05, 3.63) is 58.6 Å². The molecule has 2 aromatic rings. The largest absolute Gasteiger partial charge is 0.483 e. The summed E-state index contributed by atoms with van der Waals surface area (Å²) < 4.78 is 10.5. The number of aryl methyl sites for hydroxylation is 1. The number of hydrogen-bond donors (Lipinski definition) is 1. The van der Waals surface area contributed by atoms with Crippen LogP contribution in [0.5, 0.6) is 5.75 Å². The minimum Gasteiger partial charge on any atom is -0.483 e. The van der Waals surface area contributed by atoms with Crippen molar-refractivity contribution < 1.29 is 19.1 Å². The quantitative estimate of drug-likeness (QED) is 0.806. The molecule has 2 rings (SSSR count). The van der Waals surface area contributed by atoms with Gasteiger partial charge in [0.05, 0.1) is 17.9 Å². The number of carbonyl (C=O) groups is 2. The highest BCUT2D eigenvalue weighted by Gasteiger charge is 2.14. The van der Waals surface area contributed by atoms with Crippen LogP contribution in [0.25, 0.3) is 0 Å². The summed E-state index contributed by atoms with van der Waals surface area (Å²) >= 11 is 5.88. The van der Waals surface area contributed by atoms with Crippen LogP contribution in [0.3, 0.4) is 0 Å². The molecule has 24 heavy (non-hydrogen) atoms. The monoisotopic (exact) mass is 347 g/mol. The van der Waals surface area contributed by atoms with Crippen molar-refractivity contribution in [2.75, 3.05) is 18.5 Å². The summed E-state index contributed by atoms with van der Waals surface area (Å²) in [5, 5.41) is 3.26. The van der Waals surface area contributed by atoms with E-state index < -0.39 is 5.97 Å². The van der Waals surface area contributed by atoms with Crippen LogP contribution in [0, 0.1) is 6.92 Å². The Hall–Kier alpha value is -2.53. The highest BCUT2D eigenvalue weighted by molar-refractivity contribution is 6.30. The molecule has 0 spiro atoms. The van der Waals surface area contributed by atoms with Crippen molar-refractivity contribution in [3.63, 3.8) is 0 Å². The average molecular weight is 348 g/mol. The Morgan fingerprint density at radius 1 is 1.17 bits per heavy atom. The second-order valence-electron chi connectivity index (χ2n) is 5.01. The molecule has 0 aliphatic carbocycles. The van der Waals surface area contributed by atoms with Gasteiger partial charge in [-0.1, -0.05) is 23.7 Å². The van der Waals surface area contributed by atoms with E-state index in [0.29, 0.717) is 22.0 Å². The molecule has 0 saturated carbocycles. The van der Waals surface area contributed by atoms with E-state index >= 15 is 0 Å². The number of benzene rings is 2. The fourth-order valence-electron chi connectivity index (χ4n) is 2.08. The Kier molecular flexibility index (Phi) is 6.21. The van der Waals surface area contributed by atoms with Crippen LogP contribution >= 0.6 is 11.6 Å². The van der Waals surface area contributed by atoms with Gasteiger partial charge in [-0.05, 0) is 49.7 Å². The Morgan fingerprint density at radius 3 is 2.62 bits per heavy atom. The highest BCUT2D eigenvalue weighted by atomic mass is 35.5. The van der Waals surface area contributed by atoms with E-state index in [4.69, 9.17) is 21.1 Å². The van der Waals surface area contributed by atoms with E-state index in [0.717, 1.165) is 5.56 Å². The molecule has 5 nitrogen and oxygen atoms in total. The molecule has 126 valence electrons. The van der Waals surface area contributed by atoms with Crippen LogP contribution in [-0.2, 0) is 9.53 Å². The molecule has 1 N–H and O–H groups in total. The summed E-state index contributed by atoms with van der Waals surface area (Å²) in [7, 11) is 0. The van der Waals surface area contributed by atoms with Crippen LogP contribution in [-0.4, -0.2) is 25.1 Å². The molecule has 2 aromatic carbocycles. The molecule has 0 bridgehead atoms. The number of hydrogen-bond acceptors (Lipinski definition) is 4. The van der Waals surface area contributed by atoms with Crippen molar-refractivity contribution in [1.29, 1.82) is 0 Å². The van der Waals surface area contributed by atoms with Crippen LogP contribution < -0.4 is 10.1 Å². The predicted molar refractivity (Wildman–Crippen MR) is 92.7 cm³/mol. The summed E-state index contributed by atoms with van der Waals surface area (Å²) in [6.45, 7) is 3.65. The van der Waals surface area contributed by atoms with E-state index in [1.165, 1.54) is 0 Å². The molecular weight excluding hydrogens is 330 g/mol. The zero-order chi connectivity index (χ0) is 17.5. The number of carbonyl (C=O) groups excluding carboxylic acids is 2. The molecule has 0 unspecified atom stereocenters. The summed E-state index contributed by atoms with van der Waals surface area (Å²) in [6, 6.07) is 11.8. The number of nitrogens with one attached hydrogen (secondary N) is 1. The van der Waals surface area contributed by atoms with Crippen molar-refractivity contribution in [2.24, 2.45) is 0 Å². The fourth-order valence-corrected chi connectivity index (χ4v) is 2.31. The minimum atomic E-state index is -0.483. The first-order valence-electron chi connectivity index (χ1n) is 7.46. The van der Waals surface area contributed by atoms with Gasteiger partial charge in [0.25, 0.3) is 5.91 Å². The van der Waals surface area contributed by atoms with E-state index in [2.05, 4.69) is 5.32 Å². The number of amides is 1. The van der Waals surface area contributed by atoms with Gasteiger partial charge in [0.2, 0.25) is 0 Å². The van der Waals surface area contributed by atoms with E-state index in [-0.39, 0.29) is 19.1 Å². The van der Waals surface area contributed by atoms with Crippen LogP contribution in [0.2, 0.25) is 5.02 Å². The fraction of sp³-hybridized carbons (Fsp3) is 0.222. The first kappa shape index (κ1) is 17.8. The lowest BCUT2D eigenvalue weighted by Crippen LogP contribution is -2.22. The molecule has 0 radical (unpaired) electrons. The predicted octanol–water partition coefficient (Wildman–Crippen LogP) is 3.84. The Balaban J connectivity index is 2.01. The van der Waals surface area contributed by atoms with Gasteiger partial charge in [-0.2, -0.15) is 0 Å². The van der Waals surface area contributed by atoms with Crippen LogP contribution in [0.15, 0.2) is 42.5 Å². The maximum atomic E-state index is 12.1. The number of esters is 1. The van der Waals surface area contributed by atoms with Crippen molar-refractivity contribution in [3.8, 4) is 5.75 Å². The average Bonchev–Trinajstić information content (AvgIpc) is 2.54. The number of halogens is 1. The van der Waals surface area contributed by atoms with Crippen molar-refractivity contribution in [2.45, 2.75) is 13.8 Å². The normalized spacial score (nSPS) is 10.1. The summed E-state index contributed by atoms with van der Waals surface area (Å²) in [6.07, 6.45) is 0. The third kappa shape index (κ3) is 4.73. The van der Waals surface area contributed by atoms with E-state index in [1.54, 1.807) is 49.4 Å². The van der Waals surface area contributed by atoms with Gasteiger partial charge >= 0.3 is 5.97 Å². The van der Waals surface area contributed by atoms with E-state index in [9.17, 15) is 9.59 Å². The van der Waals surface area contributed by atoms with Crippen LogP contribution in [0.4, 0.5) is 5.69 Å². The minimum absolute atomic E-state index is 0.181. The second-order valence-corrected chi connectivity index (χ2v) is 5.45. The molecule has 6 heteroatoms. The molecule has 0 atom stereocenters. The zero-order valence-corrected chi connectivity index (χ0v) is 14.2. The van der Waals surface area contributed by atoms with Gasteiger partial charge in [-0.15, -0.1) is 0 Å². The molecule has 0 saturated heterocycles. The number of anilines is 1. The zero-order valence-electron chi connectivity index (χ0n) is 13.5. The summed E-state index contributed by atoms with van der Waals surface area (Å²) in [5.74, 6) is -0.280. The Morgan fingerprint density at radius 2 is 1.92 bits per heavy atom. The number of ether oxygens (including phenoxy) is 2. The second kappa shape index (κ2) is 8.36. The van der Waals surface area contributed by atoms with Gasteiger partial charge in [0.15, 0.2) is 6.61 Å². The first-order valence-corrected chi connectivity index (χ1v) is 7.84. The van der Waals surface area contributed by atoms with Crippen molar-refractivity contribution in [1.82, 2.24) is 0 Å². The number of para-hydroxylation sites is 1. The van der Waals surface area contributed by atoms with Gasteiger partial charge in [-0.25, -0.2) is 4.79 Å². The lowest BCUT2D eigenvalue weighted by atomic mass is 10.2. The molecule has 0 aliphatic heterocycles. The third-order valence-corrected chi connectivity index (χ3v) is 3.43. The maximum Gasteiger partial charge on any atom is 0.340 e. The summed E-state index contributed by atoms with van der Waals surface area (Å²) in [5.41, 5.74) is 1.52. The van der Waals surface area contributed by atoms with Gasteiger partial charge in [0.1, 0.15) is 5.75 Å². The lowest BCUT2D eigenvalue weighted by Gasteiger charge is -2.12. The molecule has 0 heterocycles. The van der Waals surface area contributed by atoms with Crippen molar-refractivity contribution >= 4 is 29.2 Å². The standard InChI is InChI=1S/C18H18ClNO4/c1-3-23-18(22)14-6-4-5-7-15(14)20-17(21)11-24-16-9-8-13(19)10-12(16)2/h4-10H,3,11H2,1-2H3,(H,20,21). The SMILES string of the molecule is CCOC(=O)c1ccccc1NC(=O)COc1ccc(Cl)cc1C. The Bertz CT molecular complexity index is 746. The molecule has 0 aromatic heterocycles. The third-order valence-electron chi connectivity index (χ3n) is 3.19. The highest BCUT2D eigenvalue weighted by Crippen LogP contribution is 2.22. The molecule has 0 fully saturated rings. The molecular formula is C18H18ClNO4. The smallest absolute Gasteiger partial charge is 0.340 e. The van der Waals surface area contributed by atoms with Gasteiger partial charge < -0.3 is 14.8 Å². The molecule has 1 amide bonds. The lowest BCUT2D eigenvalue weighted by molar-refractivity contribution is -0.118. The van der Waals surface area contributed by atoms with Crippen LogP contribution in [0.1, 0.15) is 22.8 Å². The number of rotatable bonds is 6. The van der Waals surface area contributed by atoms with Gasteiger partial charge in [-0.3, -0.25) is 4.79 Å². The Labute approximate surface area is 145 Å². The topological polar surface area (TPSA) is 64.6 Å².